The van der Waals surface area contributed by atoms with Gasteiger partial charge in [0.2, 0.25) is 29.5 Å². The van der Waals surface area contributed by atoms with Crippen LogP contribution in [0.25, 0.3) is 0 Å². The molecular formula is C29H45N7O8. The van der Waals surface area contributed by atoms with E-state index in [4.69, 9.17) is 16.6 Å². The molecule has 44 heavy (non-hydrogen) atoms. The first-order valence-electron chi connectivity index (χ1n) is 14.7. The van der Waals surface area contributed by atoms with Crippen molar-refractivity contribution in [1.82, 2.24) is 26.2 Å². The zero-order chi connectivity index (χ0) is 33.0. The number of aromatic hydroxyl groups is 1. The first-order valence-corrected chi connectivity index (χ1v) is 14.7. The third kappa shape index (κ3) is 10.8. The van der Waals surface area contributed by atoms with Gasteiger partial charge in [-0.1, -0.05) is 12.1 Å². The maximum absolute atomic E-state index is 13.6. The minimum atomic E-state index is -1.22. The van der Waals surface area contributed by atoms with Crippen LogP contribution in [-0.2, 0) is 35.2 Å². The van der Waals surface area contributed by atoms with Crippen LogP contribution in [0, 0.1) is 0 Å². The van der Waals surface area contributed by atoms with Crippen molar-refractivity contribution in [2.24, 2.45) is 11.5 Å². The number of carboxylic acids is 1. The minimum absolute atomic E-state index is 0.0816. The van der Waals surface area contributed by atoms with Crippen molar-refractivity contribution in [2.75, 3.05) is 13.1 Å². The molecule has 0 unspecified atom stereocenters. The van der Waals surface area contributed by atoms with E-state index in [1.54, 1.807) is 12.1 Å². The lowest BCUT2D eigenvalue weighted by Crippen LogP contribution is -2.58. The van der Waals surface area contributed by atoms with Crippen LogP contribution >= 0.6 is 0 Å². The zero-order valence-corrected chi connectivity index (χ0v) is 25.4. The molecule has 5 amide bonds. The van der Waals surface area contributed by atoms with E-state index in [0.717, 1.165) is 5.56 Å². The van der Waals surface area contributed by atoms with E-state index in [1.165, 1.54) is 37.8 Å². The maximum Gasteiger partial charge on any atom is 0.325 e. The summed E-state index contributed by atoms with van der Waals surface area (Å²) < 4.78 is 0. The lowest BCUT2D eigenvalue weighted by Gasteiger charge is -2.30. The molecule has 6 atom stereocenters. The Hall–Kier alpha value is -4.24. The van der Waals surface area contributed by atoms with Gasteiger partial charge in [-0.15, -0.1) is 0 Å². The number of hydrogen-bond donors (Lipinski definition) is 8. The van der Waals surface area contributed by atoms with Crippen LogP contribution in [0.4, 0.5) is 0 Å². The Morgan fingerprint density at radius 1 is 0.886 bits per heavy atom. The van der Waals surface area contributed by atoms with Gasteiger partial charge in [0.1, 0.15) is 36.0 Å². The van der Waals surface area contributed by atoms with E-state index in [1.807, 2.05) is 0 Å². The van der Waals surface area contributed by atoms with Gasteiger partial charge in [-0.3, -0.25) is 28.8 Å². The number of phenolic OH excluding ortho intramolecular Hbond substituents is 1. The van der Waals surface area contributed by atoms with E-state index < -0.39 is 71.8 Å². The van der Waals surface area contributed by atoms with Gasteiger partial charge in [-0.2, -0.15) is 0 Å². The van der Waals surface area contributed by atoms with Crippen molar-refractivity contribution < 1.29 is 39.0 Å². The van der Waals surface area contributed by atoms with Crippen LogP contribution in [0.1, 0.15) is 58.4 Å². The molecular weight excluding hydrogens is 574 g/mol. The van der Waals surface area contributed by atoms with Crippen molar-refractivity contribution in [3.05, 3.63) is 29.8 Å². The second-order valence-corrected chi connectivity index (χ2v) is 11.0. The molecule has 10 N–H and O–H groups in total. The summed E-state index contributed by atoms with van der Waals surface area (Å²) in [6, 6.07) is 0.163. The van der Waals surface area contributed by atoms with Gasteiger partial charge in [0.15, 0.2) is 0 Å². The highest BCUT2D eigenvalue weighted by atomic mass is 16.4. The van der Waals surface area contributed by atoms with Crippen LogP contribution in [-0.4, -0.2) is 100.0 Å². The van der Waals surface area contributed by atoms with E-state index in [2.05, 4.69) is 21.3 Å². The van der Waals surface area contributed by atoms with Crippen molar-refractivity contribution in [3.63, 3.8) is 0 Å². The summed E-state index contributed by atoms with van der Waals surface area (Å²) in [7, 11) is 0. The molecule has 0 aromatic heterocycles. The third-order valence-electron chi connectivity index (χ3n) is 7.36. The minimum Gasteiger partial charge on any atom is -0.508 e. The maximum atomic E-state index is 13.6. The normalized spacial score (nSPS) is 17.8. The fraction of sp³-hybridized carbons (Fsp3) is 0.586. The molecule has 0 bridgehead atoms. The van der Waals surface area contributed by atoms with Gasteiger partial charge in [0, 0.05) is 6.54 Å². The summed E-state index contributed by atoms with van der Waals surface area (Å²) in [6.45, 7) is 4.81. The Labute approximate surface area is 256 Å². The van der Waals surface area contributed by atoms with Crippen molar-refractivity contribution in [1.29, 1.82) is 0 Å². The average Bonchev–Trinajstić information content (AvgIpc) is 3.47. The Kier molecular flexibility index (Phi) is 14.0. The number of aliphatic carboxylic acids is 1. The highest BCUT2D eigenvalue weighted by Gasteiger charge is 2.38. The lowest BCUT2D eigenvalue weighted by atomic mass is 10.0. The number of nitrogens with zero attached hydrogens (tertiary/aromatic N) is 1. The first kappa shape index (κ1) is 36.0. The molecule has 1 fully saturated rings. The summed E-state index contributed by atoms with van der Waals surface area (Å²) >= 11 is 0. The number of nitrogens with one attached hydrogen (secondary N) is 4. The average molecular weight is 620 g/mol. The summed E-state index contributed by atoms with van der Waals surface area (Å²) in [5.74, 6) is -4.06. The molecule has 0 saturated carbocycles. The van der Waals surface area contributed by atoms with Crippen LogP contribution < -0.4 is 32.7 Å². The molecule has 1 aromatic carbocycles. The topological polar surface area (TPSA) is 246 Å². The second-order valence-electron chi connectivity index (χ2n) is 11.0. The number of carbonyl (C=O) groups is 6. The van der Waals surface area contributed by atoms with Crippen LogP contribution in [0.15, 0.2) is 24.3 Å². The van der Waals surface area contributed by atoms with E-state index in [0.29, 0.717) is 32.2 Å². The number of nitrogens with two attached hydrogens (primary N) is 2. The molecule has 0 spiro atoms. The Morgan fingerprint density at radius 2 is 1.48 bits per heavy atom. The number of rotatable bonds is 16. The Morgan fingerprint density at radius 3 is 2.09 bits per heavy atom. The van der Waals surface area contributed by atoms with Gasteiger partial charge in [0.05, 0.1) is 6.04 Å². The molecule has 15 heteroatoms. The van der Waals surface area contributed by atoms with E-state index in [9.17, 15) is 33.9 Å². The smallest absolute Gasteiger partial charge is 0.325 e. The number of likely N-dealkylation sites (tertiary alicyclic amines) is 1. The number of carboxylic acid groups (broad SMARTS) is 1. The van der Waals surface area contributed by atoms with Crippen LogP contribution in [0.5, 0.6) is 5.75 Å². The van der Waals surface area contributed by atoms with E-state index >= 15 is 0 Å². The molecule has 244 valence electrons. The van der Waals surface area contributed by atoms with Gasteiger partial charge in [0.25, 0.3) is 0 Å². The molecule has 0 aliphatic carbocycles. The summed E-state index contributed by atoms with van der Waals surface area (Å²) in [5.41, 5.74) is 12.4. The first-order chi connectivity index (χ1) is 20.7. The van der Waals surface area contributed by atoms with Crippen LogP contribution in [0.2, 0.25) is 0 Å². The Bertz CT molecular complexity index is 1180. The van der Waals surface area contributed by atoms with Crippen molar-refractivity contribution in [2.45, 2.75) is 95.5 Å². The predicted molar refractivity (Wildman–Crippen MR) is 160 cm³/mol. The largest absolute Gasteiger partial charge is 0.508 e. The van der Waals surface area contributed by atoms with Gasteiger partial charge in [-0.25, -0.2) is 0 Å². The second kappa shape index (κ2) is 17.2. The van der Waals surface area contributed by atoms with E-state index in [-0.39, 0.29) is 25.1 Å². The predicted octanol–water partition coefficient (Wildman–Crippen LogP) is -1.53. The molecule has 1 heterocycles. The number of unbranched alkanes of at least 4 members (excludes halogenated alkanes) is 1. The SMILES string of the molecule is C[C@H](NC(=O)[C@H](C)NC(=O)[C@@H]1CCCN1C(=O)[C@H](CCCCN)NC(=O)[C@H](C)NC(=O)[C@@H](N)Cc1ccc(O)cc1)C(=O)O. The number of hydrogen-bond acceptors (Lipinski definition) is 9. The quantitative estimate of drug-likeness (QED) is 0.0991. The standard InChI is InChI=1S/C29H45N7O8/c1-16(24(38)34-18(3)29(43)44)33-27(41)23-8-6-14-36(23)28(42)22(7-4-5-13-30)35-25(39)17(2)32-26(40)21(31)15-19-9-11-20(37)12-10-19/h9-12,16-18,21-23,37H,4-8,13-15,30-31H2,1-3H3,(H,32,40)(H,33,41)(H,34,38)(H,35,39)(H,43,44)/t16-,17-,18-,21-,22-,23-/m0/s1. The van der Waals surface area contributed by atoms with Gasteiger partial charge in [-0.05, 0) is 83.5 Å². The molecule has 1 aliphatic rings. The number of benzene rings is 1. The summed E-state index contributed by atoms with van der Waals surface area (Å²) in [4.78, 5) is 77.1. The summed E-state index contributed by atoms with van der Waals surface area (Å²) in [6.07, 6.45) is 2.41. The number of carbonyl (C=O) groups excluding carboxylic acids is 5. The molecule has 1 aromatic rings. The summed E-state index contributed by atoms with van der Waals surface area (Å²) in [5, 5.41) is 28.5. The van der Waals surface area contributed by atoms with Crippen molar-refractivity contribution >= 4 is 35.5 Å². The monoisotopic (exact) mass is 619 g/mol. The Balaban J connectivity index is 2.03. The fourth-order valence-electron chi connectivity index (χ4n) is 4.69. The number of amides is 5. The fourth-order valence-corrected chi connectivity index (χ4v) is 4.69. The third-order valence-corrected chi connectivity index (χ3v) is 7.36. The molecule has 2 rings (SSSR count). The van der Waals surface area contributed by atoms with Crippen molar-refractivity contribution in [3.8, 4) is 5.75 Å². The number of phenols is 1. The molecule has 1 saturated heterocycles. The zero-order valence-electron chi connectivity index (χ0n) is 25.4. The van der Waals surface area contributed by atoms with Gasteiger partial charge >= 0.3 is 5.97 Å². The van der Waals surface area contributed by atoms with Crippen LogP contribution in [0.3, 0.4) is 0 Å². The highest BCUT2D eigenvalue weighted by molar-refractivity contribution is 5.96. The van der Waals surface area contributed by atoms with Gasteiger partial charge < -0.3 is 47.8 Å². The molecule has 15 nitrogen and oxygen atoms in total. The highest BCUT2D eigenvalue weighted by Crippen LogP contribution is 2.20. The molecule has 1 aliphatic heterocycles. The lowest BCUT2D eigenvalue weighted by molar-refractivity contribution is -0.143. The molecule has 0 radical (unpaired) electrons.